The first-order valence-electron chi connectivity index (χ1n) is 15.8. The maximum atomic E-state index is 15.3. The first kappa shape index (κ1) is 33.9. The Balaban J connectivity index is 1.18. The highest BCUT2D eigenvalue weighted by Gasteiger charge is 2.45. The maximum absolute atomic E-state index is 15.3. The van der Waals surface area contributed by atoms with Crippen LogP contribution in [-0.4, -0.2) is 63.4 Å². The lowest BCUT2D eigenvalue weighted by atomic mass is 9.86. The molecule has 4 amide bonds. The van der Waals surface area contributed by atoms with E-state index in [1.807, 2.05) is 0 Å². The topological polar surface area (TPSA) is 198 Å². The first-order chi connectivity index (χ1) is 23.9. The number of benzene rings is 2. The van der Waals surface area contributed by atoms with E-state index in [0.29, 0.717) is 22.3 Å². The molecule has 2 aliphatic heterocycles. The van der Waals surface area contributed by atoms with Crippen molar-refractivity contribution in [2.75, 3.05) is 18.4 Å². The predicted octanol–water partition coefficient (Wildman–Crippen LogP) is 1.14. The Morgan fingerprint density at radius 2 is 1.78 bits per heavy atom. The van der Waals surface area contributed by atoms with Crippen LogP contribution in [0.25, 0.3) is 22.3 Å². The molecule has 0 aliphatic carbocycles. The van der Waals surface area contributed by atoms with E-state index < -0.39 is 59.2 Å². The third-order valence-electron chi connectivity index (χ3n) is 8.73. The van der Waals surface area contributed by atoms with Crippen molar-refractivity contribution in [3.63, 3.8) is 0 Å². The molecule has 0 fully saturated rings. The number of nitrogens with zero attached hydrogens (tertiary/aromatic N) is 2. The number of esters is 1. The molecule has 2 aromatic carbocycles. The molecule has 5 N–H and O–H groups in total. The van der Waals surface area contributed by atoms with E-state index in [1.165, 1.54) is 17.6 Å². The molecule has 0 spiro atoms. The highest BCUT2D eigenvalue weighted by atomic mass is 19.1. The number of hydrogen-bond donors (Lipinski definition) is 5. The molecule has 4 heterocycles. The molecule has 2 aromatic heterocycles. The summed E-state index contributed by atoms with van der Waals surface area (Å²) in [6.45, 7) is 1.85. The van der Waals surface area contributed by atoms with Crippen molar-refractivity contribution in [3.8, 4) is 11.4 Å². The minimum Gasteiger partial charge on any atom is -0.458 e. The van der Waals surface area contributed by atoms with Gasteiger partial charge in [0.25, 0.3) is 5.56 Å². The summed E-state index contributed by atoms with van der Waals surface area (Å²) in [6.07, 6.45) is 0.106. The highest BCUT2D eigenvalue weighted by Crippen LogP contribution is 2.39. The average molecular weight is 685 g/mol. The average Bonchev–Trinajstić information content (AvgIpc) is 3.45. The predicted molar refractivity (Wildman–Crippen MR) is 177 cm³/mol. The number of anilines is 1. The van der Waals surface area contributed by atoms with Crippen LogP contribution in [0.15, 0.2) is 59.4 Å². The molecule has 50 heavy (non-hydrogen) atoms. The monoisotopic (exact) mass is 684 g/mol. The maximum Gasteiger partial charge on any atom is 0.343 e. The van der Waals surface area contributed by atoms with Crippen LogP contribution in [0.3, 0.4) is 0 Å². The fourth-order valence-corrected chi connectivity index (χ4v) is 6.10. The number of hydrogen-bond acceptors (Lipinski definition) is 9. The molecule has 2 aliphatic rings. The molecule has 14 nitrogen and oxygen atoms in total. The van der Waals surface area contributed by atoms with Gasteiger partial charge in [-0.15, -0.1) is 0 Å². The van der Waals surface area contributed by atoms with Crippen molar-refractivity contribution in [2.24, 2.45) is 0 Å². The van der Waals surface area contributed by atoms with Crippen LogP contribution >= 0.6 is 0 Å². The molecule has 0 saturated carbocycles. The molecule has 2 atom stereocenters. The van der Waals surface area contributed by atoms with Crippen molar-refractivity contribution in [3.05, 3.63) is 93.0 Å². The van der Waals surface area contributed by atoms with Gasteiger partial charge in [0.1, 0.15) is 18.5 Å². The number of ether oxygens (including phenoxy) is 1. The van der Waals surface area contributed by atoms with Gasteiger partial charge in [-0.25, -0.2) is 14.2 Å². The van der Waals surface area contributed by atoms with Crippen molar-refractivity contribution < 1.29 is 38.2 Å². The Bertz CT molecular complexity index is 2140. The minimum absolute atomic E-state index is 0.00606. The molecular weight excluding hydrogens is 651 g/mol. The summed E-state index contributed by atoms with van der Waals surface area (Å²) in [5.74, 6) is -4.06. The van der Waals surface area contributed by atoms with Crippen LogP contribution in [0, 0.1) is 5.82 Å². The van der Waals surface area contributed by atoms with E-state index in [0.717, 1.165) is 11.6 Å². The number of aromatic nitrogens is 2. The number of nitrogens with one attached hydrogen (secondary N) is 4. The summed E-state index contributed by atoms with van der Waals surface area (Å²) in [7, 11) is 0. The van der Waals surface area contributed by atoms with E-state index in [-0.39, 0.29) is 54.9 Å². The molecule has 0 saturated heterocycles. The number of halogens is 1. The number of amides is 4. The summed E-state index contributed by atoms with van der Waals surface area (Å²) < 4.78 is 21.8. The van der Waals surface area contributed by atoms with Gasteiger partial charge in [-0.2, -0.15) is 0 Å². The van der Waals surface area contributed by atoms with Gasteiger partial charge in [0.15, 0.2) is 5.60 Å². The molecule has 0 unspecified atom stereocenters. The van der Waals surface area contributed by atoms with Crippen LogP contribution in [0.1, 0.15) is 42.5 Å². The number of carbonyl (C=O) groups is 5. The zero-order valence-electron chi connectivity index (χ0n) is 27.1. The highest BCUT2D eigenvalue weighted by molar-refractivity contribution is 5.98. The molecule has 4 aromatic rings. The van der Waals surface area contributed by atoms with Crippen LogP contribution in [0.2, 0.25) is 0 Å². The minimum atomic E-state index is -1.98. The summed E-state index contributed by atoms with van der Waals surface area (Å²) in [5.41, 5.74) is 0.128. The molecule has 0 bridgehead atoms. The third-order valence-corrected chi connectivity index (χ3v) is 8.73. The zero-order valence-corrected chi connectivity index (χ0v) is 27.1. The van der Waals surface area contributed by atoms with Gasteiger partial charge in [-0.1, -0.05) is 37.3 Å². The Hall–Kier alpha value is -5.96. The fourth-order valence-electron chi connectivity index (χ4n) is 6.10. The third kappa shape index (κ3) is 6.54. The molecular formula is C35H33FN6O8. The lowest BCUT2D eigenvalue weighted by Crippen LogP contribution is -2.51. The van der Waals surface area contributed by atoms with E-state index in [4.69, 9.17) is 4.74 Å². The zero-order chi connectivity index (χ0) is 35.7. The van der Waals surface area contributed by atoms with Gasteiger partial charge in [0.05, 0.1) is 47.8 Å². The van der Waals surface area contributed by atoms with E-state index in [2.05, 4.69) is 26.3 Å². The molecule has 6 rings (SSSR count). The molecule has 15 heteroatoms. The fraction of sp³-hybridized carbons (Fsp3) is 0.286. The van der Waals surface area contributed by atoms with E-state index >= 15 is 4.39 Å². The summed E-state index contributed by atoms with van der Waals surface area (Å²) in [6, 6.07) is 13.6. The molecule has 0 radical (unpaired) electrons. The van der Waals surface area contributed by atoms with Gasteiger partial charge in [0.2, 0.25) is 23.6 Å². The number of carbonyl (C=O) groups excluding carboxylic acids is 5. The van der Waals surface area contributed by atoms with Crippen LogP contribution in [-0.2, 0) is 53.9 Å². The smallest absolute Gasteiger partial charge is 0.343 e. The lowest BCUT2D eigenvalue weighted by Gasteiger charge is -2.31. The van der Waals surface area contributed by atoms with Gasteiger partial charge < -0.3 is 35.7 Å². The number of fused-ring (bicyclic) bond motifs is 5. The van der Waals surface area contributed by atoms with Crippen molar-refractivity contribution >= 4 is 46.2 Å². The van der Waals surface area contributed by atoms with Crippen molar-refractivity contribution in [1.29, 1.82) is 0 Å². The van der Waals surface area contributed by atoms with E-state index in [1.54, 1.807) is 49.4 Å². The Morgan fingerprint density at radius 1 is 1.04 bits per heavy atom. The van der Waals surface area contributed by atoms with Crippen molar-refractivity contribution in [1.82, 2.24) is 25.5 Å². The summed E-state index contributed by atoms with van der Waals surface area (Å²) in [4.78, 5) is 79.9. The Labute approximate surface area is 284 Å². The summed E-state index contributed by atoms with van der Waals surface area (Å²) in [5, 5.41) is 21.4. The van der Waals surface area contributed by atoms with Gasteiger partial charge in [-0.05, 0) is 30.2 Å². The summed E-state index contributed by atoms with van der Waals surface area (Å²) >= 11 is 0. The first-order valence-corrected chi connectivity index (χ1v) is 15.8. The number of cyclic esters (lactones) is 1. The normalized spacial score (nSPS) is 16.4. The van der Waals surface area contributed by atoms with Gasteiger partial charge in [-0.3, -0.25) is 24.0 Å². The van der Waals surface area contributed by atoms with Crippen LogP contribution in [0.4, 0.5) is 10.1 Å². The van der Waals surface area contributed by atoms with E-state index in [9.17, 15) is 33.9 Å². The van der Waals surface area contributed by atoms with Crippen LogP contribution in [0.5, 0.6) is 0 Å². The van der Waals surface area contributed by atoms with Gasteiger partial charge in [0, 0.05) is 35.9 Å². The van der Waals surface area contributed by atoms with Crippen LogP contribution < -0.4 is 26.8 Å². The van der Waals surface area contributed by atoms with Crippen molar-refractivity contribution in [2.45, 2.75) is 51.5 Å². The number of aliphatic hydroxyl groups is 1. The largest absolute Gasteiger partial charge is 0.458 e. The Kier molecular flexibility index (Phi) is 9.17. The second kappa shape index (κ2) is 13.5. The SMILES string of the molecule is CC[C@@]1(O)C(=O)OCc2c1cc1n(c2=O)Cc2cc3cc(NC(=O)CNC(=O)[C@H](Cc4ccccc4)NC(=O)CNC(C)=O)c(F)cc3nc2-1. The number of rotatable bonds is 10. The second-order valence-corrected chi connectivity index (χ2v) is 12.1. The standard InChI is InChI=1S/C35H33FN6O8/c1-3-35(49)23-12-28-31-21(16-42(28)33(47)22(23)17-50-34(35)48)10-20-11-26(24(36)13-25(20)41-31)39-30(45)15-38-32(46)27(9-19-7-5-4-6-8-19)40-29(44)14-37-18(2)43/h4-8,10-13,27,49H,3,9,14-17H2,1-2H3,(H,37,43)(H,38,46)(H,39,45)(H,40,44)/t27-,35-/m0/s1. The lowest BCUT2D eigenvalue weighted by molar-refractivity contribution is -0.172. The second-order valence-electron chi connectivity index (χ2n) is 12.1. The Morgan fingerprint density at radius 3 is 2.50 bits per heavy atom. The molecule has 258 valence electrons. The van der Waals surface area contributed by atoms with Gasteiger partial charge >= 0.3 is 5.97 Å². The number of pyridine rings is 2. The quantitative estimate of drug-likeness (QED) is 0.134.